The molecule has 0 saturated heterocycles. The van der Waals surface area contributed by atoms with Crippen molar-refractivity contribution in [3.8, 4) is 0 Å². The van der Waals surface area contributed by atoms with E-state index in [0.29, 0.717) is 24.8 Å². The molecule has 0 unspecified atom stereocenters. The number of aliphatic imine (C=N–C) groups is 1. The molecule has 0 aromatic carbocycles. The monoisotopic (exact) mass is 156 g/mol. The van der Waals surface area contributed by atoms with Crippen molar-refractivity contribution in [2.24, 2.45) is 4.99 Å². The van der Waals surface area contributed by atoms with Crippen LogP contribution in [0.2, 0.25) is 0 Å². The lowest BCUT2D eigenvalue weighted by Gasteiger charge is -2.03. The van der Waals surface area contributed by atoms with Crippen LogP contribution in [0.5, 0.6) is 0 Å². The Balaban J connectivity index is 3.99. The summed E-state index contributed by atoms with van der Waals surface area (Å²) in [6.07, 6.45) is 1.42. The highest BCUT2D eigenvalue weighted by atomic mass is 16.5. The second-order valence-electron chi connectivity index (χ2n) is 2.09. The molecule has 0 radical (unpaired) electrons. The summed E-state index contributed by atoms with van der Waals surface area (Å²) in [5.74, 6) is 1.05. The van der Waals surface area contributed by atoms with Crippen LogP contribution in [0.1, 0.15) is 33.6 Å². The van der Waals surface area contributed by atoms with Gasteiger partial charge in [-0.15, -0.1) is 0 Å². The summed E-state index contributed by atoms with van der Waals surface area (Å²) in [6.45, 7) is 6.42. The fraction of sp³-hybridized carbons (Fsp3) is 0.750. The minimum Gasteiger partial charge on any atom is -0.481 e. The quantitative estimate of drug-likeness (QED) is 0.494. The highest BCUT2D eigenvalue weighted by Crippen LogP contribution is 1.92. The van der Waals surface area contributed by atoms with Crippen molar-refractivity contribution in [2.45, 2.75) is 33.6 Å². The van der Waals surface area contributed by atoms with Crippen LogP contribution in [-0.4, -0.2) is 18.3 Å². The molecule has 1 N–H and O–H groups in total. The van der Waals surface area contributed by atoms with Crippen molar-refractivity contribution >= 4 is 11.7 Å². The number of hydrogen-bond acceptors (Lipinski definition) is 2. The Bertz CT molecular complexity index is 152. The highest BCUT2D eigenvalue weighted by Gasteiger charge is 1.96. The van der Waals surface area contributed by atoms with E-state index in [1.807, 2.05) is 20.8 Å². The first-order chi connectivity index (χ1) is 5.24. The molecule has 0 aromatic rings. The fourth-order valence-corrected chi connectivity index (χ4v) is 0.610. The van der Waals surface area contributed by atoms with Crippen molar-refractivity contribution in [3.05, 3.63) is 0 Å². The third-order valence-electron chi connectivity index (χ3n) is 1.21. The van der Waals surface area contributed by atoms with Gasteiger partial charge in [0.05, 0.1) is 6.61 Å². The van der Waals surface area contributed by atoms with Crippen molar-refractivity contribution in [1.82, 2.24) is 0 Å². The van der Waals surface area contributed by atoms with Crippen LogP contribution in [0, 0.1) is 5.41 Å². The molecule has 64 valence electrons. The average molecular weight is 156 g/mol. The molecule has 3 heteroatoms. The zero-order valence-electron chi connectivity index (χ0n) is 7.48. The van der Waals surface area contributed by atoms with Crippen LogP contribution in [0.3, 0.4) is 0 Å². The Morgan fingerprint density at radius 3 is 2.27 bits per heavy atom. The van der Waals surface area contributed by atoms with Crippen LogP contribution < -0.4 is 0 Å². The minimum absolute atomic E-state index is 0.385. The molecule has 0 rings (SSSR count). The van der Waals surface area contributed by atoms with Crippen LogP contribution in [0.25, 0.3) is 0 Å². The minimum atomic E-state index is 0.385. The lowest BCUT2D eigenvalue weighted by Crippen LogP contribution is -2.05. The molecule has 0 amide bonds. The lowest BCUT2D eigenvalue weighted by atomic mass is 10.4. The SMILES string of the molecule is CCOC(CC)=NC(=N)CC. The molecule has 0 saturated carbocycles. The zero-order chi connectivity index (χ0) is 8.69. The van der Waals surface area contributed by atoms with Gasteiger partial charge >= 0.3 is 0 Å². The predicted molar refractivity (Wildman–Crippen MR) is 47.4 cm³/mol. The van der Waals surface area contributed by atoms with E-state index in [9.17, 15) is 0 Å². The van der Waals surface area contributed by atoms with Gasteiger partial charge in [0.15, 0.2) is 5.90 Å². The maximum Gasteiger partial charge on any atom is 0.189 e. The maximum absolute atomic E-state index is 7.28. The summed E-state index contributed by atoms with van der Waals surface area (Å²) in [6, 6.07) is 0. The van der Waals surface area contributed by atoms with Gasteiger partial charge in [0.25, 0.3) is 0 Å². The van der Waals surface area contributed by atoms with Crippen LogP contribution >= 0.6 is 0 Å². The Morgan fingerprint density at radius 2 is 1.91 bits per heavy atom. The van der Waals surface area contributed by atoms with E-state index in [1.165, 1.54) is 0 Å². The third-order valence-corrected chi connectivity index (χ3v) is 1.21. The molecule has 0 atom stereocenters. The van der Waals surface area contributed by atoms with Gasteiger partial charge in [0.2, 0.25) is 0 Å². The third kappa shape index (κ3) is 4.53. The van der Waals surface area contributed by atoms with E-state index >= 15 is 0 Å². The molecule has 0 fully saturated rings. The second kappa shape index (κ2) is 5.89. The molecule has 0 aromatic heterocycles. The van der Waals surface area contributed by atoms with Gasteiger partial charge < -0.3 is 4.74 Å². The summed E-state index contributed by atoms with van der Waals surface area (Å²) < 4.78 is 5.17. The maximum atomic E-state index is 7.28. The topological polar surface area (TPSA) is 45.4 Å². The van der Waals surface area contributed by atoms with Crippen molar-refractivity contribution in [2.75, 3.05) is 6.61 Å². The smallest absolute Gasteiger partial charge is 0.189 e. The van der Waals surface area contributed by atoms with Crippen molar-refractivity contribution in [1.29, 1.82) is 5.41 Å². The molecule has 0 aliphatic rings. The van der Waals surface area contributed by atoms with Gasteiger partial charge in [-0.05, 0) is 6.92 Å². The molecule has 3 nitrogen and oxygen atoms in total. The predicted octanol–water partition coefficient (Wildman–Crippen LogP) is 2.22. The molecular weight excluding hydrogens is 140 g/mol. The fourth-order valence-electron chi connectivity index (χ4n) is 0.610. The largest absolute Gasteiger partial charge is 0.481 e. The van der Waals surface area contributed by atoms with Gasteiger partial charge in [0, 0.05) is 12.8 Å². The number of hydrogen-bond donors (Lipinski definition) is 1. The molecule has 0 bridgehead atoms. The van der Waals surface area contributed by atoms with Crippen molar-refractivity contribution < 1.29 is 4.74 Å². The number of nitrogens with one attached hydrogen (secondary N) is 1. The van der Waals surface area contributed by atoms with E-state index in [-0.39, 0.29) is 0 Å². The van der Waals surface area contributed by atoms with Gasteiger partial charge in [0.1, 0.15) is 5.84 Å². The molecule has 0 spiro atoms. The highest BCUT2D eigenvalue weighted by molar-refractivity contribution is 5.92. The average Bonchev–Trinajstić information content (AvgIpc) is 2.03. The number of amidine groups is 1. The van der Waals surface area contributed by atoms with Crippen LogP contribution in [0.4, 0.5) is 0 Å². The number of rotatable bonds is 3. The molecule has 0 aliphatic heterocycles. The van der Waals surface area contributed by atoms with E-state index < -0.39 is 0 Å². The summed E-state index contributed by atoms with van der Waals surface area (Å²) in [5.41, 5.74) is 0. The number of ether oxygens (including phenoxy) is 1. The first-order valence-corrected chi connectivity index (χ1v) is 4.02. The van der Waals surface area contributed by atoms with Crippen molar-refractivity contribution in [3.63, 3.8) is 0 Å². The van der Waals surface area contributed by atoms with E-state index in [4.69, 9.17) is 10.1 Å². The summed E-state index contributed by atoms with van der Waals surface area (Å²) in [7, 11) is 0. The van der Waals surface area contributed by atoms with E-state index in [0.717, 1.165) is 6.42 Å². The normalized spacial score (nSPS) is 11.4. The standard InChI is InChI=1S/C8H16N2O/c1-4-7(9)10-8(5-2)11-6-3/h9H,4-6H2,1-3H3. The van der Waals surface area contributed by atoms with E-state index in [1.54, 1.807) is 0 Å². The summed E-state index contributed by atoms with van der Waals surface area (Å²) in [5, 5.41) is 7.28. The Labute approximate surface area is 68.0 Å². The van der Waals surface area contributed by atoms with Gasteiger partial charge in [-0.25, -0.2) is 4.99 Å². The zero-order valence-corrected chi connectivity index (χ0v) is 7.48. The Hall–Kier alpha value is -0.860. The number of nitrogens with zero attached hydrogens (tertiary/aromatic N) is 1. The summed E-state index contributed by atoms with van der Waals surface area (Å²) >= 11 is 0. The summed E-state index contributed by atoms with van der Waals surface area (Å²) in [4.78, 5) is 3.98. The first kappa shape index (κ1) is 10.1. The van der Waals surface area contributed by atoms with Crippen LogP contribution in [-0.2, 0) is 4.74 Å². The Kier molecular flexibility index (Phi) is 5.43. The molecule has 0 heterocycles. The molecular formula is C8H16N2O. The van der Waals surface area contributed by atoms with Gasteiger partial charge in [-0.1, -0.05) is 13.8 Å². The first-order valence-electron chi connectivity index (χ1n) is 4.02. The Morgan fingerprint density at radius 1 is 1.27 bits per heavy atom. The van der Waals surface area contributed by atoms with E-state index in [2.05, 4.69) is 4.99 Å². The second-order valence-corrected chi connectivity index (χ2v) is 2.09. The molecule has 0 aliphatic carbocycles. The molecule has 11 heavy (non-hydrogen) atoms. The van der Waals surface area contributed by atoms with Gasteiger partial charge in [-0.2, -0.15) is 0 Å². The van der Waals surface area contributed by atoms with Gasteiger partial charge in [-0.3, -0.25) is 5.41 Å². The van der Waals surface area contributed by atoms with Crippen LogP contribution in [0.15, 0.2) is 4.99 Å². The lowest BCUT2D eigenvalue weighted by molar-refractivity contribution is 0.319.